The zero-order valence-electron chi connectivity index (χ0n) is 11.9. The van der Waals surface area contributed by atoms with Gasteiger partial charge in [-0.1, -0.05) is 6.07 Å². The lowest BCUT2D eigenvalue weighted by Crippen LogP contribution is -2.37. The number of aromatic nitrogens is 2. The molecular weight excluding hydrogens is 282 g/mol. The quantitative estimate of drug-likeness (QED) is 0.923. The topological polar surface area (TPSA) is 83.4 Å². The molecule has 6 nitrogen and oxygen atoms in total. The lowest BCUT2D eigenvalue weighted by Gasteiger charge is -2.29. The summed E-state index contributed by atoms with van der Waals surface area (Å²) in [6.07, 6.45) is 7.21. The summed E-state index contributed by atoms with van der Waals surface area (Å²) in [5, 5.41) is 9.18. The van der Waals surface area contributed by atoms with Crippen LogP contribution in [0.5, 0.6) is 0 Å². The molecule has 1 aliphatic rings. The molecule has 2 aromatic heterocycles. The van der Waals surface area contributed by atoms with E-state index in [2.05, 4.69) is 9.97 Å². The average molecular weight is 297 g/mol. The van der Waals surface area contributed by atoms with Gasteiger partial charge in [0, 0.05) is 37.9 Å². The first-order valence-electron chi connectivity index (χ1n) is 7.01. The van der Waals surface area contributed by atoms with E-state index in [-0.39, 0.29) is 11.5 Å². The number of aromatic carboxylic acids is 1. The molecule has 3 rings (SSSR count). The molecule has 0 fully saturated rings. The van der Waals surface area contributed by atoms with Gasteiger partial charge in [0.25, 0.3) is 0 Å². The first-order valence-corrected chi connectivity index (χ1v) is 7.01. The van der Waals surface area contributed by atoms with Gasteiger partial charge in [0.15, 0.2) is 0 Å². The maximum Gasteiger partial charge on any atom is 0.337 e. The third-order valence-corrected chi connectivity index (χ3v) is 3.80. The van der Waals surface area contributed by atoms with E-state index in [1.54, 1.807) is 29.6 Å². The molecule has 1 N–H and O–H groups in total. The molecule has 0 unspecified atom stereocenters. The second kappa shape index (κ2) is 5.93. The minimum Gasteiger partial charge on any atom is -0.478 e. The molecule has 22 heavy (non-hydrogen) atoms. The van der Waals surface area contributed by atoms with Crippen molar-refractivity contribution in [2.75, 3.05) is 6.54 Å². The Hall–Kier alpha value is -2.76. The molecule has 0 radical (unpaired) electrons. The van der Waals surface area contributed by atoms with Gasteiger partial charge in [-0.05, 0) is 29.2 Å². The van der Waals surface area contributed by atoms with E-state index < -0.39 is 5.97 Å². The maximum absolute atomic E-state index is 12.4. The standard InChI is InChI=1S/C16H15N3O3/c20-15(6-11-2-1-4-17-7-11)19-5-3-13-12(10-19)8-18-9-14(13)16(21)22/h1-2,4,7-9H,3,5-6,10H2,(H,21,22). The minimum absolute atomic E-state index is 0.0133. The maximum atomic E-state index is 12.4. The molecule has 6 heteroatoms. The first kappa shape index (κ1) is 14.2. The largest absolute Gasteiger partial charge is 0.478 e. The fourth-order valence-electron chi connectivity index (χ4n) is 2.68. The Bertz CT molecular complexity index is 716. The number of hydrogen-bond acceptors (Lipinski definition) is 4. The Morgan fingerprint density at radius 1 is 1.23 bits per heavy atom. The summed E-state index contributed by atoms with van der Waals surface area (Å²) in [7, 11) is 0. The van der Waals surface area contributed by atoms with Gasteiger partial charge in [0.2, 0.25) is 5.91 Å². The third-order valence-electron chi connectivity index (χ3n) is 3.80. The molecule has 0 bridgehead atoms. The second-order valence-electron chi connectivity index (χ2n) is 5.23. The average Bonchev–Trinajstić information content (AvgIpc) is 2.54. The van der Waals surface area contributed by atoms with Crippen LogP contribution in [0, 0.1) is 0 Å². The normalized spacial score (nSPS) is 13.5. The fraction of sp³-hybridized carbons (Fsp3) is 0.250. The summed E-state index contributed by atoms with van der Waals surface area (Å²) in [4.78, 5) is 33.3. The number of carbonyl (C=O) groups is 2. The number of hydrogen-bond donors (Lipinski definition) is 1. The van der Waals surface area contributed by atoms with Crippen molar-refractivity contribution in [3.05, 3.63) is 59.2 Å². The van der Waals surface area contributed by atoms with E-state index >= 15 is 0 Å². The van der Waals surface area contributed by atoms with Crippen LogP contribution in [0.15, 0.2) is 36.9 Å². The summed E-state index contributed by atoms with van der Waals surface area (Å²) in [6.45, 7) is 0.930. The third kappa shape index (κ3) is 2.81. The Morgan fingerprint density at radius 3 is 2.82 bits per heavy atom. The minimum atomic E-state index is -0.973. The van der Waals surface area contributed by atoms with E-state index in [4.69, 9.17) is 0 Å². The Morgan fingerprint density at radius 2 is 2.09 bits per heavy atom. The first-order chi connectivity index (χ1) is 10.6. The number of carboxylic acids is 1. The van der Waals surface area contributed by atoms with Crippen molar-refractivity contribution in [3.8, 4) is 0 Å². The Kier molecular flexibility index (Phi) is 3.82. The zero-order chi connectivity index (χ0) is 15.5. The molecule has 0 aromatic carbocycles. The molecule has 3 heterocycles. The predicted octanol–water partition coefficient (Wildman–Crippen LogP) is 1.30. The summed E-state index contributed by atoms with van der Waals surface area (Å²) < 4.78 is 0. The zero-order valence-corrected chi connectivity index (χ0v) is 11.9. The molecule has 2 aromatic rings. The van der Waals surface area contributed by atoms with Crippen molar-refractivity contribution in [3.63, 3.8) is 0 Å². The Balaban J connectivity index is 1.76. The second-order valence-corrected chi connectivity index (χ2v) is 5.23. The summed E-state index contributed by atoms with van der Waals surface area (Å²) >= 11 is 0. The molecule has 112 valence electrons. The van der Waals surface area contributed by atoms with E-state index in [0.29, 0.717) is 25.9 Å². The number of rotatable bonds is 3. The van der Waals surface area contributed by atoms with Gasteiger partial charge in [-0.25, -0.2) is 4.79 Å². The van der Waals surface area contributed by atoms with Gasteiger partial charge < -0.3 is 10.0 Å². The number of carbonyl (C=O) groups excluding carboxylic acids is 1. The fourth-order valence-corrected chi connectivity index (χ4v) is 2.68. The van der Waals surface area contributed by atoms with Gasteiger partial charge in [0.05, 0.1) is 12.0 Å². The van der Waals surface area contributed by atoms with E-state index in [1.807, 2.05) is 6.07 Å². The van der Waals surface area contributed by atoms with Crippen molar-refractivity contribution in [2.24, 2.45) is 0 Å². The van der Waals surface area contributed by atoms with Crippen LogP contribution in [0.2, 0.25) is 0 Å². The number of carboxylic acid groups (broad SMARTS) is 1. The summed E-state index contributed by atoms with van der Waals surface area (Å²) in [6, 6.07) is 3.67. The predicted molar refractivity (Wildman–Crippen MR) is 78.3 cm³/mol. The number of fused-ring (bicyclic) bond motifs is 1. The van der Waals surface area contributed by atoms with Gasteiger partial charge >= 0.3 is 5.97 Å². The molecule has 0 saturated heterocycles. The Labute approximate surface area is 127 Å². The van der Waals surface area contributed by atoms with Crippen molar-refractivity contribution in [1.29, 1.82) is 0 Å². The SMILES string of the molecule is O=C(O)c1cncc2c1CCN(C(=O)Cc1cccnc1)C2. The van der Waals surface area contributed by atoms with Crippen LogP contribution in [-0.4, -0.2) is 38.4 Å². The van der Waals surface area contributed by atoms with Crippen molar-refractivity contribution in [2.45, 2.75) is 19.4 Å². The monoisotopic (exact) mass is 297 g/mol. The van der Waals surface area contributed by atoms with E-state index in [1.165, 1.54) is 6.20 Å². The summed E-state index contributed by atoms with van der Waals surface area (Å²) in [5.74, 6) is -0.959. The highest BCUT2D eigenvalue weighted by Crippen LogP contribution is 2.22. The number of pyridine rings is 2. The van der Waals surface area contributed by atoms with Crippen LogP contribution in [0.1, 0.15) is 27.0 Å². The molecule has 1 aliphatic heterocycles. The van der Waals surface area contributed by atoms with Gasteiger partial charge in [-0.15, -0.1) is 0 Å². The smallest absolute Gasteiger partial charge is 0.337 e. The summed E-state index contributed by atoms with van der Waals surface area (Å²) in [5.41, 5.74) is 2.70. The van der Waals surface area contributed by atoms with Crippen LogP contribution in [-0.2, 0) is 24.2 Å². The van der Waals surface area contributed by atoms with Crippen molar-refractivity contribution in [1.82, 2.24) is 14.9 Å². The highest BCUT2D eigenvalue weighted by molar-refractivity contribution is 5.89. The highest BCUT2D eigenvalue weighted by Gasteiger charge is 2.24. The van der Waals surface area contributed by atoms with Gasteiger partial charge in [0.1, 0.15) is 0 Å². The highest BCUT2D eigenvalue weighted by atomic mass is 16.4. The van der Waals surface area contributed by atoms with Crippen LogP contribution in [0.3, 0.4) is 0 Å². The number of amides is 1. The lowest BCUT2D eigenvalue weighted by molar-refractivity contribution is -0.131. The van der Waals surface area contributed by atoms with Crippen molar-refractivity contribution >= 4 is 11.9 Å². The molecule has 1 amide bonds. The van der Waals surface area contributed by atoms with Crippen molar-refractivity contribution < 1.29 is 14.7 Å². The van der Waals surface area contributed by atoms with Crippen LogP contribution >= 0.6 is 0 Å². The number of nitrogens with zero attached hydrogens (tertiary/aromatic N) is 3. The molecule has 0 atom stereocenters. The van der Waals surface area contributed by atoms with Crippen LogP contribution in [0.25, 0.3) is 0 Å². The van der Waals surface area contributed by atoms with Gasteiger partial charge in [-0.2, -0.15) is 0 Å². The molecule has 0 aliphatic carbocycles. The van der Waals surface area contributed by atoms with Gasteiger partial charge in [-0.3, -0.25) is 14.8 Å². The molecule has 0 saturated carbocycles. The van der Waals surface area contributed by atoms with Crippen LogP contribution in [0.4, 0.5) is 0 Å². The van der Waals surface area contributed by atoms with E-state index in [0.717, 1.165) is 16.7 Å². The molecular formula is C16H15N3O3. The lowest BCUT2D eigenvalue weighted by atomic mass is 9.97. The van der Waals surface area contributed by atoms with Crippen LogP contribution < -0.4 is 0 Å². The van der Waals surface area contributed by atoms with E-state index in [9.17, 15) is 14.7 Å². The molecule has 0 spiro atoms.